The quantitative estimate of drug-likeness (QED) is 0.687. The van der Waals surface area contributed by atoms with E-state index in [4.69, 9.17) is 4.42 Å². The second kappa shape index (κ2) is 7.61. The van der Waals surface area contributed by atoms with Crippen LogP contribution in [0, 0.1) is 0 Å². The Kier molecular flexibility index (Phi) is 5.06. The molecule has 1 N–H and O–H groups in total. The summed E-state index contributed by atoms with van der Waals surface area (Å²) in [7, 11) is 0. The standard InChI is InChI=1S/C19H17NO2S/c21-19(9-8-15-5-2-1-3-6-15)20-13-17(16-10-12-23-14-16)18-7-4-11-22-18/h1-12,14,17H,13H2,(H,20,21)/b9-8+. The van der Waals surface area contributed by atoms with Gasteiger partial charge in [-0.2, -0.15) is 11.3 Å². The second-order valence-electron chi connectivity index (χ2n) is 5.11. The SMILES string of the molecule is O=C(/C=C/c1ccccc1)NCC(c1ccsc1)c1ccco1. The highest BCUT2D eigenvalue weighted by atomic mass is 32.1. The summed E-state index contributed by atoms with van der Waals surface area (Å²) in [6, 6.07) is 15.6. The molecule has 3 aromatic rings. The highest BCUT2D eigenvalue weighted by Gasteiger charge is 2.17. The fourth-order valence-electron chi connectivity index (χ4n) is 2.34. The first-order valence-electron chi connectivity index (χ1n) is 7.39. The highest BCUT2D eigenvalue weighted by Crippen LogP contribution is 2.26. The number of amides is 1. The Hall–Kier alpha value is -2.59. The Morgan fingerprint density at radius 1 is 1.17 bits per heavy atom. The van der Waals surface area contributed by atoms with Crippen LogP contribution in [0.5, 0.6) is 0 Å². The number of furan rings is 1. The number of hydrogen-bond donors (Lipinski definition) is 1. The van der Waals surface area contributed by atoms with Gasteiger partial charge in [-0.05, 0) is 46.2 Å². The lowest BCUT2D eigenvalue weighted by atomic mass is 9.99. The number of nitrogens with one attached hydrogen (secondary N) is 1. The Balaban J connectivity index is 1.63. The van der Waals surface area contributed by atoms with Crippen LogP contribution in [0.25, 0.3) is 6.08 Å². The number of thiophene rings is 1. The van der Waals surface area contributed by atoms with Crippen molar-refractivity contribution >= 4 is 23.3 Å². The van der Waals surface area contributed by atoms with E-state index in [1.165, 1.54) is 0 Å². The average Bonchev–Trinajstić information content (AvgIpc) is 3.28. The third kappa shape index (κ3) is 4.20. The molecule has 0 spiro atoms. The van der Waals surface area contributed by atoms with E-state index in [0.29, 0.717) is 6.54 Å². The maximum absolute atomic E-state index is 12.0. The predicted octanol–water partition coefficient (Wildman–Crippen LogP) is 4.30. The van der Waals surface area contributed by atoms with Crippen LogP contribution >= 0.6 is 11.3 Å². The Morgan fingerprint density at radius 3 is 2.74 bits per heavy atom. The van der Waals surface area contributed by atoms with E-state index in [1.54, 1.807) is 23.7 Å². The molecule has 0 aliphatic heterocycles. The van der Waals surface area contributed by atoms with Gasteiger partial charge in [-0.15, -0.1) is 0 Å². The molecule has 1 amide bonds. The summed E-state index contributed by atoms with van der Waals surface area (Å²) < 4.78 is 5.52. The average molecular weight is 323 g/mol. The summed E-state index contributed by atoms with van der Waals surface area (Å²) in [6.07, 6.45) is 5.02. The molecule has 0 fully saturated rings. The maximum atomic E-state index is 12.0. The molecule has 23 heavy (non-hydrogen) atoms. The van der Waals surface area contributed by atoms with Gasteiger partial charge in [-0.3, -0.25) is 4.79 Å². The van der Waals surface area contributed by atoms with Crippen LogP contribution in [0.3, 0.4) is 0 Å². The van der Waals surface area contributed by atoms with E-state index >= 15 is 0 Å². The largest absolute Gasteiger partial charge is 0.469 e. The monoisotopic (exact) mass is 323 g/mol. The highest BCUT2D eigenvalue weighted by molar-refractivity contribution is 7.08. The van der Waals surface area contributed by atoms with Gasteiger partial charge >= 0.3 is 0 Å². The van der Waals surface area contributed by atoms with Gasteiger partial charge in [0.2, 0.25) is 5.91 Å². The van der Waals surface area contributed by atoms with Crippen molar-refractivity contribution in [3.63, 3.8) is 0 Å². The summed E-state index contributed by atoms with van der Waals surface area (Å²) in [6.45, 7) is 0.502. The molecule has 1 aromatic carbocycles. The smallest absolute Gasteiger partial charge is 0.244 e. The minimum Gasteiger partial charge on any atom is -0.469 e. The van der Waals surface area contributed by atoms with Crippen molar-refractivity contribution in [2.45, 2.75) is 5.92 Å². The summed E-state index contributed by atoms with van der Waals surface area (Å²) in [5, 5.41) is 7.06. The summed E-state index contributed by atoms with van der Waals surface area (Å²) in [5.74, 6) is 0.779. The van der Waals surface area contributed by atoms with Crippen molar-refractivity contribution in [1.82, 2.24) is 5.32 Å². The number of benzene rings is 1. The Bertz CT molecular complexity index is 712. The van der Waals surface area contributed by atoms with Crippen molar-refractivity contribution in [1.29, 1.82) is 0 Å². The lowest BCUT2D eigenvalue weighted by Crippen LogP contribution is -2.27. The third-order valence-electron chi connectivity index (χ3n) is 3.54. The summed E-state index contributed by atoms with van der Waals surface area (Å²) in [4.78, 5) is 12.0. The van der Waals surface area contributed by atoms with E-state index < -0.39 is 0 Å². The number of carbonyl (C=O) groups is 1. The van der Waals surface area contributed by atoms with E-state index in [1.807, 2.05) is 53.9 Å². The molecule has 0 saturated heterocycles. The van der Waals surface area contributed by atoms with Crippen LogP contribution in [0.4, 0.5) is 0 Å². The molecular formula is C19H17NO2S. The fourth-order valence-corrected chi connectivity index (χ4v) is 3.06. The lowest BCUT2D eigenvalue weighted by Gasteiger charge is -2.13. The van der Waals surface area contributed by atoms with Crippen molar-refractivity contribution in [2.24, 2.45) is 0 Å². The molecule has 0 saturated carbocycles. The molecule has 1 atom stereocenters. The van der Waals surface area contributed by atoms with Crippen LogP contribution < -0.4 is 5.32 Å². The molecule has 3 rings (SSSR count). The molecule has 4 heteroatoms. The Labute approximate surface area is 139 Å². The van der Waals surface area contributed by atoms with Gasteiger partial charge in [0.15, 0.2) is 0 Å². The molecule has 2 heterocycles. The lowest BCUT2D eigenvalue weighted by molar-refractivity contribution is -0.116. The van der Waals surface area contributed by atoms with Gasteiger partial charge in [0, 0.05) is 12.6 Å². The maximum Gasteiger partial charge on any atom is 0.244 e. The molecule has 0 aliphatic carbocycles. The van der Waals surface area contributed by atoms with Gasteiger partial charge in [-0.25, -0.2) is 0 Å². The summed E-state index contributed by atoms with van der Waals surface area (Å²) in [5.41, 5.74) is 2.15. The first-order chi connectivity index (χ1) is 11.3. The molecule has 3 nitrogen and oxygen atoms in total. The van der Waals surface area contributed by atoms with Crippen LogP contribution in [-0.2, 0) is 4.79 Å². The molecule has 0 radical (unpaired) electrons. The number of carbonyl (C=O) groups excluding carboxylic acids is 1. The van der Waals surface area contributed by atoms with Gasteiger partial charge in [-0.1, -0.05) is 30.3 Å². The van der Waals surface area contributed by atoms with Crippen molar-refractivity contribution < 1.29 is 9.21 Å². The normalized spacial score (nSPS) is 12.3. The first kappa shape index (κ1) is 15.3. The van der Waals surface area contributed by atoms with E-state index in [9.17, 15) is 4.79 Å². The zero-order valence-electron chi connectivity index (χ0n) is 12.5. The molecule has 2 aromatic heterocycles. The zero-order chi connectivity index (χ0) is 15.9. The van der Waals surface area contributed by atoms with Crippen molar-refractivity contribution in [3.8, 4) is 0 Å². The van der Waals surface area contributed by atoms with Crippen molar-refractivity contribution in [3.05, 3.63) is 88.5 Å². The minimum atomic E-state index is -0.111. The van der Waals surface area contributed by atoms with Gasteiger partial charge in [0.1, 0.15) is 5.76 Å². The van der Waals surface area contributed by atoms with Crippen LogP contribution in [0.15, 0.2) is 76.0 Å². The van der Waals surface area contributed by atoms with Crippen LogP contribution in [-0.4, -0.2) is 12.5 Å². The van der Waals surface area contributed by atoms with E-state index in [0.717, 1.165) is 16.9 Å². The molecular weight excluding hydrogens is 306 g/mol. The Morgan fingerprint density at radius 2 is 2.04 bits per heavy atom. The van der Waals surface area contributed by atoms with Gasteiger partial charge < -0.3 is 9.73 Å². The topological polar surface area (TPSA) is 42.2 Å². The second-order valence-corrected chi connectivity index (χ2v) is 5.89. The molecule has 1 unspecified atom stereocenters. The molecule has 116 valence electrons. The zero-order valence-corrected chi connectivity index (χ0v) is 13.3. The van der Waals surface area contributed by atoms with Crippen LogP contribution in [0.1, 0.15) is 22.8 Å². The van der Waals surface area contributed by atoms with E-state index in [-0.39, 0.29) is 11.8 Å². The minimum absolute atomic E-state index is 0.0327. The van der Waals surface area contributed by atoms with Crippen LogP contribution in [0.2, 0.25) is 0 Å². The number of hydrogen-bond acceptors (Lipinski definition) is 3. The molecule has 0 bridgehead atoms. The van der Waals surface area contributed by atoms with E-state index in [2.05, 4.69) is 16.8 Å². The third-order valence-corrected chi connectivity index (χ3v) is 4.24. The number of rotatable bonds is 6. The first-order valence-corrected chi connectivity index (χ1v) is 8.33. The predicted molar refractivity (Wildman–Crippen MR) is 93.4 cm³/mol. The summed E-state index contributed by atoms with van der Waals surface area (Å²) >= 11 is 1.64. The van der Waals surface area contributed by atoms with Crippen molar-refractivity contribution in [2.75, 3.05) is 6.54 Å². The van der Waals surface area contributed by atoms with Gasteiger partial charge in [0.25, 0.3) is 0 Å². The fraction of sp³-hybridized carbons (Fsp3) is 0.105. The molecule has 0 aliphatic rings. The van der Waals surface area contributed by atoms with Gasteiger partial charge in [0.05, 0.1) is 12.2 Å².